The largest absolute Gasteiger partial charge is 0.396 e. The Morgan fingerprint density at radius 2 is 1.79 bits per heavy atom. The van der Waals surface area contributed by atoms with Crippen LogP contribution < -0.4 is 5.73 Å². The molecule has 2 aliphatic rings. The number of anilines is 1. The van der Waals surface area contributed by atoms with Gasteiger partial charge in [-0.2, -0.15) is 0 Å². The van der Waals surface area contributed by atoms with Gasteiger partial charge in [-0.25, -0.2) is 4.39 Å². The zero-order valence-electron chi connectivity index (χ0n) is 11.5. The quantitative estimate of drug-likeness (QED) is 0.826. The van der Waals surface area contributed by atoms with E-state index in [2.05, 4.69) is 4.90 Å². The van der Waals surface area contributed by atoms with Crippen molar-refractivity contribution in [3.63, 3.8) is 0 Å². The van der Waals surface area contributed by atoms with Crippen LogP contribution in [0, 0.1) is 11.2 Å². The maximum absolute atomic E-state index is 13.9. The van der Waals surface area contributed by atoms with Gasteiger partial charge in [0, 0.05) is 12.1 Å². The summed E-state index contributed by atoms with van der Waals surface area (Å²) >= 11 is 0. The standard InChI is InChI=1S/C16H23FN2/c17-15-13(4-3-5-14(15)18)12-19-10-8-16(9-11-19)6-1-2-7-16/h3-5H,1-2,6-12,18H2. The molecule has 1 aromatic rings. The number of halogens is 1. The summed E-state index contributed by atoms with van der Waals surface area (Å²) in [6.07, 6.45) is 8.21. The molecule has 0 radical (unpaired) electrons. The van der Waals surface area contributed by atoms with E-state index in [0.717, 1.165) is 18.7 Å². The first-order valence-corrected chi connectivity index (χ1v) is 7.44. The van der Waals surface area contributed by atoms with Gasteiger partial charge in [0.15, 0.2) is 5.82 Å². The van der Waals surface area contributed by atoms with Crippen LogP contribution in [0.4, 0.5) is 10.1 Å². The van der Waals surface area contributed by atoms with E-state index in [1.807, 2.05) is 12.1 Å². The summed E-state index contributed by atoms with van der Waals surface area (Å²) in [5.74, 6) is -0.233. The minimum Gasteiger partial charge on any atom is -0.396 e. The molecule has 1 heterocycles. The molecule has 3 rings (SSSR count). The highest BCUT2D eigenvalue weighted by Crippen LogP contribution is 2.46. The molecular formula is C16H23FN2. The van der Waals surface area contributed by atoms with E-state index in [-0.39, 0.29) is 11.5 Å². The molecule has 104 valence electrons. The topological polar surface area (TPSA) is 29.3 Å². The smallest absolute Gasteiger partial charge is 0.150 e. The molecule has 0 amide bonds. The van der Waals surface area contributed by atoms with Crippen molar-refractivity contribution in [1.82, 2.24) is 4.90 Å². The van der Waals surface area contributed by atoms with Gasteiger partial charge in [-0.15, -0.1) is 0 Å². The molecule has 0 bridgehead atoms. The second-order valence-corrected chi connectivity index (χ2v) is 6.30. The number of nitrogens with zero attached hydrogens (tertiary/aromatic N) is 1. The Kier molecular flexibility index (Phi) is 3.48. The molecule has 3 heteroatoms. The number of hydrogen-bond donors (Lipinski definition) is 1. The third kappa shape index (κ3) is 2.62. The van der Waals surface area contributed by atoms with E-state index in [9.17, 15) is 4.39 Å². The van der Waals surface area contributed by atoms with E-state index >= 15 is 0 Å². The molecule has 1 saturated carbocycles. The zero-order chi connectivity index (χ0) is 13.3. The maximum Gasteiger partial charge on any atom is 0.150 e. The Balaban J connectivity index is 1.61. The lowest BCUT2D eigenvalue weighted by molar-refractivity contribution is 0.103. The predicted octanol–water partition coefficient (Wildman–Crippen LogP) is 3.56. The highest BCUT2D eigenvalue weighted by molar-refractivity contribution is 5.42. The molecule has 1 aromatic carbocycles. The molecule has 2 nitrogen and oxygen atoms in total. The van der Waals surface area contributed by atoms with Crippen molar-refractivity contribution in [2.45, 2.75) is 45.1 Å². The van der Waals surface area contributed by atoms with E-state index in [1.54, 1.807) is 6.07 Å². The van der Waals surface area contributed by atoms with Crippen LogP contribution in [0.15, 0.2) is 18.2 Å². The van der Waals surface area contributed by atoms with Gasteiger partial charge in [-0.1, -0.05) is 25.0 Å². The Hall–Kier alpha value is -1.09. The fourth-order valence-corrected chi connectivity index (χ4v) is 3.77. The summed E-state index contributed by atoms with van der Waals surface area (Å²) in [7, 11) is 0. The van der Waals surface area contributed by atoms with Crippen LogP contribution in [-0.2, 0) is 6.54 Å². The van der Waals surface area contributed by atoms with E-state index in [1.165, 1.54) is 38.5 Å². The van der Waals surface area contributed by atoms with Crippen LogP contribution in [-0.4, -0.2) is 18.0 Å². The van der Waals surface area contributed by atoms with Gasteiger partial charge in [-0.3, -0.25) is 4.90 Å². The number of nitrogens with two attached hydrogens (primary N) is 1. The molecule has 1 spiro atoms. The van der Waals surface area contributed by atoms with Gasteiger partial charge < -0.3 is 5.73 Å². The molecular weight excluding hydrogens is 239 g/mol. The van der Waals surface area contributed by atoms with Gasteiger partial charge in [0.2, 0.25) is 0 Å². The summed E-state index contributed by atoms with van der Waals surface area (Å²) in [6, 6.07) is 5.32. The lowest BCUT2D eigenvalue weighted by Crippen LogP contribution is -2.38. The highest BCUT2D eigenvalue weighted by atomic mass is 19.1. The van der Waals surface area contributed by atoms with Crippen molar-refractivity contribution in [3.05, 3.63) is 29.6 Å². The van der Waals surface area contributed by atoms with E-state index < -0.39 is 0 Å². The fraction of sp³-hybridized carbons (Fsp3) is 0.625. The SMILES string of the molecule is Nc1cccc(CN2CCC3(CCCC3)CC2)c1F. The van der Waals surface area contributed by atoms with Crippen molar-refractivity contribution in [2.24, 2.45) is 5.41 Å². The molecule has 2 N–H and O–H groups in total. The van der Waals surface area contributed by atoms with E-state index in [4.69, 9.17) is 5.73 Å². The minimum atomic E-state index is -0.233. The van der Waals surface area contributed by atoms with Crippen LogP contribution in [0.25, 0.3) is 0 Å². The van der Waals surface area contributed by atoms with Gasteiger partial charge in [0.05, 0.1) is 5.69 Å². The number of nitrogen functional groups attached to an aromatic ring is 1. The lowest BCUT2D eigenvalue weighted by atomic mass is 9.77. The Labute approximate surface area is 114 Å². The van der Waals surface area contributed by atoms with Gasteiger partial charge in [-0.05, 0) is 50.3 Å². The molecule has 19 heavy (non-hydrogen) atoms. The number of benzene rings is 1. The number of hydrogen-bond acceptors (Lipinski definition) is 2. The third-order valence-corrected chi connectivity index (χ3v) is 5.08. The van der Waals surface area contributed by atoms with Crippen molar-refractivity contribution in [1.29, 1.82) is 0 Å². The summed E-state index contributed by atoms with van der Waals surface area (Å²) < 4.78 is 13.9. The molecule has 2 fully saturated rings. The lowest BCUT2D eigenvalue weighted by Gasteiger charge is -2.39. The maximum atomic E-state index is 13.9. The Morgan fingerprint density at radius 3 is 2.47 bits per heavy atom. The summed E-state index contributed by atoms with van der Waals surface area (Å²) in [5, 5.41) is 0. The summed E-state index contributed by atoms with van der Waals surface area (Å²) in [4.78, 5) is 2.38. The third-order valence-electron chi connectivity index (χ3n) is 5.08. The summed E-state index contributed by atoms with van der Waals surface area (Å²) in [6.45, 7) is 2.91. The van der Waals surface area contributed by atoms with Gasteiger partial charge in [0.1, 0.15) is 0 Å². The average molecular weight is 262 g/mol. The molecule has 0 unspecified atom stereocenters. The molecule has 0 aromatic heterocycles. The van der Waals surface area contributed by atoms with Gasteiger partial charge >= 0.3 is 0 Å². The second kappa shape index (κ2) is 5.12. The van der Waals surface area contributed by atoms with Crippen LogP contribution >= 0.6 is 0 Å². The number of likely N-dealkylation sites (tertiary alicyclic amines) is 1. The highest BCUT2D eigenvalue weighted by Gasteiger charge is 2.36. The first-order valence-electron chi connectivity index (χ1n) is 7.44. The molecule has 1 saturated heterocycles. The fourth-order valence-electron chi connectivity index (χ4n) is 3.77. The Morgan fingerprint density at radius 1 is 1.11 bits per heavy atom. The second-order valence-electron chi connectivity index (χ2n) is 6.30. The van der Waals surface area contributed by atoms with Crippen molar-refractivity contribution >= 4 is 5.69 Å². The first kappa shape index (κ1) is 12.9. The zero-order valence-corrected chi connectivity index (χ0v) is 11.5. The average Bonchev–Trinajstić information content (AvgIpc) is 2.86. The van der Waals surface area contributed by atoms with Crippen LogP contribution in [0.2, 0.25) is 0 Å². The Bertz CT molecular complexity index is 442. The van der Waals surface area contributed by atoms with Crippen molar-refractivity contribution < 1.29 is 4.39 Å². The predicted molar refractivity (Wildman–Crippen MR) is 76.2 cm³/mol. The molecule has 0 atom stereocenters. The number of piperidine rings is 1. The summed E-state index contributed by atoms with van der Waals surface area (Å²) in [5.41, 5.74) is 7.26. The number of rotatable bonds is 2. The van der Waals surface area contributed by atoms with Crippen molar-refractivity contribution in [3.8, 4) is 0 Å². The van der Waals surface area contributed by atoms with Crippen LogP contribution in [0.3, 0.4) is 0 Å². The monoisotopic (exact) mass is 262 g/mol. The van der Waals surface area contributed by atoms with Crippen molar-refractivity contribution in [2.75, 3.05) is 18.8 Å². The minimum absolute atomic E-state index is 0.233. The molecule has 1 aliphatic heterocycles. The molecule has 1 aliphatic carbocycles. The first-order chi connectivity index (χ1) is 9.19. The van der Waals surface area contributed by atoms with E-state index in [0.29, 0.717) is 12.0 Å². The van der Waals surface area contributed by atoms with Crippen LogP contribution in [0.5, 0.6) is 0 Å². The van der Waals surface area contributed by atoms with Crippen LogP contribution in [0.1, 0.15) is 44.1 Å². The normalized spacial score (nSPS) is 23.0. The van der Waals surface area contributed by atoms with Gasteiger partial charge in [0.25, 0.3) is 0 Å².